The monoisotopic (exact) mass is 937 g/mol. The Hall–Kier alpha value is -6.48. The molecule has 0 bridgehead atoms. The Morgan fingerprint density at radius 2 is 1.28 bits per heavy atom. The quantitative estimate of drug-likeness (QED) is 0.115. The average Bonchev–Trinajstić information content (AvgIpc) is 3.87. The first-order valence-corrected chi connectivity index (χ1v) is 18.5. The van der Waals surface area contributed by atoms with Crippen molar-refractivity contribution < 1.29 is 44.1 Å². The van der Waals surface area contributed by atoms with E-state index in [1.807, 2.05) is 60.7 Å². The van der Waals surface area contributed by atoms with Crippen LogP contribution in [0.4, 0.5) is 0 Å². The van der Waals surface area contributed by atoms with Crippen LogP contribution in [0.3, 0.4) is 0 Å². The number of ether oxygens (including phenoxy) is 1. The topological polar surface area (TPSA) is 23.0 Å². The molecule has 2 aromatic heterocycles. The van der Waals surface area contributed by atoms with Gasteiger partial charge in [-0.05, 0) is 44.8 Å². The number of nitrogens with zero attached hydrogens (tertiary/aromatic N) is 3. The number of imidazole rings is 1. The van der Waals surface area contributed by atoms with Crippen LogP contribution in [0.5, 0.6) is 11.5 Å². The first-order valence-electron chi connectivity index (χ1n) is 23.5. The van der Waals surface area contributed by atoms with Crippen molar-refractivity contribution in [3.63, 3.8) is 0 Å². The van der Waals surface area contributed by atoms with Crippen LogP contribution < -0.4 is 9.30 Å². The van der Waals surface area contributed by atoms with Crippen LogP contribution in [0, 0.1) is 24.5 Å². The summed E-state index contributed by atoms with van der Waals surface area (Å²) in [7, 11) is 0. The molecule has 0 aliphatic carbocycles. The van der Waals surface area contributed by atoms with Gasteiger partial charge in [-0.1, -0.05) is 153 Å². The van der Waals surface area contributed by atoms with E-state index in [1.165, 1.54) is 5.56 Å². The molecule has 0 amide bonds. The average molecular weight is 938 g/mol. The van der Waals surface area contributed by atoms with Gasteiger partial charge < -0.3 is 13.9 Å². The smallest absolute Gasteiger partial charge is 0.510 e. The van der Waals surface area contributed by atoms with Crippen LogP contribution in [0.25, 0.3) is 72.2 Å². The third kappa shape index (κ3) is 6.64. The van der Waals surface area contributed by atoms with E-state index in [0.717, 1.165) is 27.5 Å². The van der Waals surface area contributed by atoms with Gasteiger partial charge in [-0.15, -0.1) is 35.7 Å². The van der Waals surface area contributed by atoms with Crippen molar-refractivity contribution in [2.24, 2.45) is 0 Å². The molecule has 0 unspecified atom stereocenters. The molecular formula is C53H38N3OPt+. The molecule has 2 heterocycles. The maximum Gasteiger partial charge on any atom is 4.00 e. The summed E-state index contributed by atoms with van der Waals surface area (Å²) in [5.41, 5.74) is 5.65. The summed E-state index contributed by atoms with van der Waals surface area (Å²) in [5.74, 6) is 0.818. The Balaban J connectivity index is 0.00000578. The largest absolute Gasteiger partial charge is 4.00 e. The van der Waals surface area contributed by atoms with Crippen molar-refractivity contribution in [1.82, 2.24) is 9.13 Å². The Kier molecular flexibility index (Phi) is 7.09. The zero-order valence-corrected chi connectivity index (χ0v) is 33.8. The summed E-state index contributed by atoms with van der Waals surface area (Å²) >= 11 is 0. The van der Waals surface area contributed by atoms with Gasteiger partial charge in [0.2, 0.25) is 0 Å². The van der Waals surface area contributed by atoms with Crippen molar-refractivity contribution >= 4 is 32.8 Å². The van der Waals surface area contributed by atoms with Crippen LogP contribution in [-0.2, 0) is 26.5 Å². The first-order chi connectivity index (χ1) is 32.0. The number of hydrogen-bond acceptors (Lipinski definition) is 1. The molecule has 8 aromatic carbocycles. The molecular weight excluding hydrogens is 890 g/mol. The maximum absolute atomic E-state index is 8.98. The molecule has 280 valence electrons. The molecule has 0 radical (unpaired) electrons. The summed E-state index contributed by atoms with van der Waals surface area (Å²) in [5, 5.41) is 2.06. The van der Waals surface area contributed by atoms with Crippen molar-refractivity contribution in [3.8, 4) is 50.8 Å². The Bertz CT molecular complexity index is 3540. The van der Waals surface area contributed by atoms with Crippen LogP contribution in [0.1, 0.15) is 40.0 Å². The van der Waals surface area contributed by atoms with Crippen molar-refractivity contribution in [3.05, 3.63) is 206 Å². The predicted molar refractivity (Wildman–Crippen MR) is 231 cm³/mol. The Labute approximate surface area is 367 Å². The molecule has 0 fully saturated rings. The molecule has 4 nitrogen and oxygen atoms in total. The first kappa shape index (κ1) is 27.2. The van der Waals surface area contributed by atoms with Crippen LogP contribution in [-0.4, -0.2) is 9.13 Å². The number of benzene rings is 8. The minimum atomic E-state index is -0.570. The summed E-state index contributed by atoms with van der Waals surface area (Å²) < 4.78 is 98.7. The van der Waals surface area contributed by atoms with E-state index in [4.69, 9.17) is 18.4 Å². The fourth-order valence-corrected chi connectivity index (χ4v) is 7.34. The summed E-state index contributed by atoms with van der Waals surface area (Å²) in [6, 6.07) is 40.9. The molecule has 0 saturated heterocycles. The second kappa shape index (κ2) is 15.1. The summed E-state index contributed by atoms with van der Waals surface area (Å²) in [6.45, 7) is 6.54. The van der Waals surface area contributed by atoms with Gasteiger partial charge in [-0.2, -0.15) is 42.0 Å². The molecule has 0 aliphatic heterocycles. The molecule has 0 spiro atoms. The van der Waals surface area contributed by atoms with Gasteiger partial charge in [0.05, 0.1) is 30.4 Å². The van der Waals surface area contributed by atoms with E-state index in [0.29, 0.717) is 28.2 Å². The van der Waals surface area contributed by atoms with Crippen LogP contribution >= 0.6 is 0 Å². The molecule has 0 N–H and O–H groups in total. The predicted octanol–water partition coefficient (Wildman–Crippen LogP) is 12.6. The van der Waals surface area contributed by atoms with Gasteiger partial charge in [0.1, 0.15) is 0 Å². The van der Waals surface area contributed by atoms with Gasteiger partial charge in [-0.3, -0.25) is 4.57 Å². The van der Waals surface area contributed by atoms with Crippen molar-refractivity contribution in [1.29, 1.82) is 0 Å². The molecule has 5 heteroatoms. The van der Waals surface area contributed by atoms with Crippen molar-refractivity contribution in [2.45, 2.75) is 26.2 Å². The second-order valence-electron chi connectivity index (χ2n) is 14.6. The summed E-state index contributed by atoms with van der Waals surface area (Å²) in [4.78, 5) is 0. The van der Waals surface area contributed by atoms with E-state index in [2.05, 4.69) is 74.1 Å². The van der Waals surface area contributed by atoms with E-state index >= 15 is 0 Å². The number of hydrogen-bond donors (Lipinski definition) is 0. The third-order valence-electron chi connectivity index (χ3n) is 10.0. The molecule has 58 heavy (non-hydrogen) atoms. The van der Waals surface area contributed by atoms with Gasteiger partial charge >= 0.3 is 21.1 Å². The maximum atomic E-state index is 8.98. The fraction of sp³-hybridized carbons (Fsp3) is 0.0755. The Morgan fingerprint density at radius 3 is 2.00 bits per heavy atom. The molecule has 0 aliphatic rings. The van der Waals surface area contributed by atoms with Gasteiger partial charge in [0.25, 0.3) is 6.33 Å². The standard InChI is InChI=1S/C53H38N3O.Pt/c1-53(2,3)39-21-14-23-41(33-39)56-48-28-11-10-25-46(48)47-32-31-43(35-51(47)56)57-42-24-15-22-40(34-42)54-36-55(50-30-13-12-29-49(50)54)52-44(37-17-6-4-7-18-37)26-16-27-45(52)38-19-8-5-9-20-38;/h4-22,24-33H,1-3H3;/q-3;+4/i4D,5D,6D,7D,8D,9D,17D,18D,19D,20D;. The Morgan fingerprint density at radius 1 is 0.621 bits per heavy atom. The van der Waals surface area contributed by atoms with Gasteiger partial charge in [0, 0.05) is 17.0 Å². The normalized spacial score (nSPS) is 14.0. The molecule has 0 atom stereocenters. The fourth-order valence-electron chi connectivity index (χ4n) is 7.34. The zero-order chi connectivity index (χ0) is 47.2. The zero-order valence-electron chi connectivity index (χ0n) is 41.5. The van der Waals surface area contributed by atoms with Crippen LogP contribution in [0.2, 0.25) is 0 Å². The molecule has 0 saturated carbocycles. The number of rotatable bonds is 7. The third-order valence-corrected chi connectivity index (χ3v) is 10.0. The summed E-state index contributed by atoms with van der Waals surface area (Å²) in [6.07, 6.45) is 3.40. The van der Waals surface area contributed by atoms with Crippen molar-refractivity contribution in [2.75, 3.05) is 0 Å². The van der Waals surface area contributed by atoms with Gasteiger partial charge in [-0.25, -0.2) is 0 Å². The minimum absolute atomic E-state index is 0. The van der Waals surface area contributed by atoms with E-state index in [1.54, 1.807) is 39.5 Å². The minimum Gasteiger partial charge on any atom is -0.510 e. The molecule has 10 rings (SSSR count). The van der Waals surface area contributed by atoms with E-state index < -0.39 is 60.4 Å². The van der Waals surface area contributed by atoms with Crippen LogP contribution in [0.15, 0.2) is 176 Å². The number of aromatic nitrogens is 3. The molecule has 10 aromatic rings. The SMILES string of the molecule is [2H]c1c([2H])c([2H])c(-c2cccc(-c3c([2H])c([2H])c([2H])c([2H])c3[2H])c2-[n+]2[c-]n(-c3[c-]c(Oc4[c-]c5c(cc4)c4ccccc4n5-c4[c-]ccc(C(C)(C)C)c4)ccc3)c3ccccc32)c([2H])c1[2H].[Pt+4]. The van der Waals surface area contributed by atoms with E-state index in [9.17, 15) is 0 Å². The number of fused-ring (bicyclic) bond motifs is 4. The van der Waals surface area contributed by atoms with E-state index in [-0.39, 0.29) is 54.4 Å². The number of para-hydroxylation sites is 4. The van der Waals surface area contributed by atoms with Gasteiger partial charge in [0.15, 0.2) is 0 Å². The second-order valence-corrected chi connectivity index (χ2v) is 14.6.